The van der Waals surface area contributed by atoms with Crippen molar-refractivity contribution in [2.75, 3.05) is 25.0 Å². The predicted octanol–water partition coefficient (Wildman–Crippen LogP) is 2.32. The molecule has 108 valence electrons. The maximum Gasteiger partial charge on any atom is 0.435 e. The number of nitrogens with one attached hydrogen (secondary N) is 1. The van der Waals surface area contributed by atoms with Gasteiger partial charge in [-0.2, -0.15) is 13.2 Å². The summed E-state index contributed by atoms with van der Waals surface area (Å²) in [6.07, 6.45) is -4.45. The second-order valence-corrected chi connectivity index (χ2v) is 5.37. The predicted molar refractivity (Wildman–Crippen MR) is 68.1 cm³/mol. The topological polar surface area (TPSA) is 41.0 Å². The van der Waals surface area contributed by atoms with Crippen LogP contribution in [-0.2, 0) is 6.18 Å². The first-order valence-electron chi connectivity index (χ1n) is 5.97. The van der Waals surface area contributed by atoms with Crippen LogP contribution in [0.25, 0.3) is 0 Å². The van der Waals surface area contributed by atoms with Gasteiger partial charge in [0.15, 0.2) is 11.5 Å². The molecule has 0 aromatic carbocycles. The van der Waals surface area contributed by atoms with Crippen LogP contribution < -0.4 is 10.2 Å². The van der Waals surface area contributed by atoms with Gasteiger partial charge in [-0.05, 0) is 32.9 Å². The molecule has 0 unspecified atom stereocenters. The number of hydrogen-bond donors (Lipinski definition) is 1. The van der Waals surface area contributed by atoms with E-state index in [-0.39, 0.29) is 5.54 Å². The van der Waals surface area contributed by atoms with Crippen LogP contribution in [0.1, 0.15) is 26.5 Å². The highest BCUT2D eigenvalue weighted by molar-refractivity contribution is 5.36. The maximum absolute atomic E-state index is 12.3. The van der Waals surface area contributed by atoms with Crippen molar-refractivity contribution < 1.29 is 13.2 Å². The van der Waals surface area contributed by atoms with E-state index in [4.69, 9.17) is 0 Å². The molecule has 0 bridgehead atoms. The average molecular weight is 276 g/mol. The first-order chi connectivity index (χ1) is 8.59. The standard InChI is InChI=1S/C12H19F3N4/c1-11(2,3)16-7-8-19(4)10-6-5-9(17-18-10)12(13,14)15/h5-6,16H,7-8H2,1-4H3. The van der Waals surface area contributed by atoms with Crippen molar-refractivity contribution in [1.82, 2.24) is 15.5 Å². The van der Waals surface area contributed by atoms with Crippen LogP contribution in [0, 0.1) is 0 Å². The summed E-state index contributed by atoms with van der Waals surface area (Å²) < 4.78 is 37.0. The molecule has 0 spiro atoms. The summed E-state index contributed by atoms with van der Waals surface area (Å²) in [7, 11) is 1.77. The van der Waals surface area contributed by atoms with Gasteiger partial charge in [0.05, 0.1) is 0 Å². The second-order valence-electron chi connectivity index (χ2n) is 5.37. The first kappa shape index (κ1) is 15.7. The van der Waals surface area contributed by atoms with Crippen LogP contribution >= 0.6 is 0 Å². The van der Waals surface area contributed by atoms with Crippen LogP contribution in [0.5, 0.6) is 0 Å². The lowest BCUT2D eigenvalue weighted by Crippen LogP contribution is -2.40. The Balaban J connectivity index is 2.56. The monoisotopic (exact) mass is 276 g/mol. The Labute approximate surface area is 111 Å². The highest BCUT2D eigenvalue weighted by Crippen LogP contribution is 2.27. The minimum atomic E-state index is -4.45. The van der Waals surface area contributed by atoms with E-state index in [9.17, 15) is 13.2 Å². The van der Waals surface area contributed by atoms with Gasteiger partial charge in [-0.25, -0.2) is 0 Å². The van der Waals surface area contributed by atoms with E-state index in [0.717, 1.165) is 6.07 Å². The summed E-state index contributed by atoms with van der Waals surface area (Å²) in [5.74, 6) is 0.420. The maximum atomic E-state index is 12.3. The molecule has 0 radical (unpaired) electrons. The Morgan fingerprint density at radius 1 is 1.16 bits per heavy atom. The van der Waals surface area contributed by atoms with E-state index >= 15 is 0 Å². The molecule has 19 heavy (non-hydrogen) atoms. The summed E-state index contributed by atoms with van der Waals surface area (Å²) in [5.41, 5.74) is -0.968. The molecular weight excluding hydrogens is 257 g/mol. The van der Waals surface area contributed by atoms with E-state index in [2.05, 4.69) is 15.5 Å². The van der Waals surface area contributed by atoms with Crippen LogP contribution in [0.4, 0.5) is 19.0 Å². The molecule has 0 amide bonds. The molecule has 0 aliphatic heterocycles. The molecule has 1 rings (SSSR count). The Kier molecular flexibility index (Phi) is 4.73. The Morgan fingerprint density at radius 3 is 2.21 bits per heavy atom. The van der Waals surface area contributed by atoms with Crippen LogP contribution in [-0.4, -0.2) is 35.9 Å². The van der Waals surface area contributed by atoms with E-state index in [1.165, 1.54) is 6.07 Å². The quantitative estimate of drug-likeness (QED) is 0.916. The molecule has 1 N–H and O–H groups in total. The van der Waals surface area contributed by atoms with Crippen molar-refractivity contribution in [3.63, 3.8) is 0 Å². The average Bonchev–Trinajstić information content (AvgIpc) is 2.26. The minimum absolute atomic E-state index is 0.00661. The molecule has 4 nitrogen and oxygen atoms in total. The lowest BCUT2D eigenvalue weighted by molar-refractivity contribution is -0.141. The molecule has 0 saturated carbocycles. The number of alkyl halides is 3. The minimum Gasteiger partial charge on any atom is -0.357 e. The van der Waals surface area contributed by atoms with Gasteiger partial charge in [-0.1, -0.05) is 0 Å². The molecule has 0 saturated heterocycles. The number of hydrogen-bond acceptors (Lipinski definition) is 4. The third-order valence-corrected chi connectivity index (χ3v) is 2.43. The highest BCUT2D eigenvalue weighted by atomic mass is 19.4. The molecular formula is C12H19F3N4. The van der Waals surface area contributed by atoms with Crippen LogP contribution in [0.3, 0.4) is 0 Å². The smallest absolute Gasteiger partial charge is 0.357 e. The third kappa shape index (κ3) is 5.42. The molecule has 1 aromatic rings. The van der Waals surface area contributed by atoms with Gasteiger partial charge in [0.25, 0.3) is 0 Å². The van der Waals surface area contributed by atoms with Gasteiger partial charge in [-0.3, -0.25) is 0 Å². The summed E-state index contributed by atoms with van der Waals surface area (Å²) in [6, 6.07) is 2.27. The summed E-state index contributed by atoms with van der Waals surface area (Å²) in [6.45, 7) is 7.49. The fourth-order valence-electron chi connectivity index (χ4n) is 1.39. The number of anilines is 1. The number of halogens is 3. The molecule has 0 atom stereocenters. The number of nitrogens with zero attached hydrogens (tertiary/aromatic N) is 3. The van der Waals surface area contributed by atoms with E-state index in [0.29, 0.717) is 18.9 Å². The number of likely N-dealkylation sites (N-methyl/N-ethyl adjacent to an activating group) is 1. The summed E-state index contributed by atoms with van der Waals surface area (Å²) in [5, 5.41) is 10.1. The Bertz CT molecular complexity index is 395. The van der Waals surface area contributed by atoms with Crippen LogP contribution in [0.2, 0.25) is 0 Å². The van der Waals surface area contributed by atoms with Gasteiger partial charge in [0.2, 0.25) is 0 Å². The van der Waals surface area contributed by atoms with Crippen molar-refractivity contribution in [1.29, 1.82) is 0 Å². The number of aromatic nitrogens is 2. The molecule has 0 aliphatic rings. The fraction of sp³-hybridized carbons (Fsp3) is 0.667. The van der Waals surface area contributed by atoms with E-state index in [1.807, 2.05) is 20.8 Å². The summed E-state index contributed by atoms with van der Waals surface area (Å²) >= 11 is 0. The molecule has 0 aliphatic carbocycles. The van der Waals surface area contributed by atoms with Crippen LogP contribution in [0.15, 0.2) is 12.1 Å². The van der Waals surface area contributed by atoms with Crippen molar-refractivity contribution >= 4 is 5.82 Å². The van der Waals surface area contributed by atoms with Gasteiger partial charge in [0.1, 0.15) is 0 Å². The molecule has 1 heterocycles. The van der Waals surface area contributed by atoms with E-state index < -0.39 is 11.9 Å². The van der Waals surface area contributed by atoms with Gasteiger partial charge in [0, 0.05) is 25.7 Å². The zero-order chi connectivity index (χ0) is 14.7. The SMILES string of the molecule is CN(CCNC(C)(C)C)c1ccc(C(F)(F)F)nn1. The summed E-state index contributed by atoms with van der Waals surface area (Å²) in [4.78, 5) is 1.76. The van der Waals surface area contributed by atoms with Crippen molar-refractivity contribution in [3.8, 4) is 0 Å². The highest BCUT2D eigenvalue weighted by Gasteiger charge is 2.32. The largest absolute Gasteiger partial charge is 0.435 e. The molecule has 0 fully saturated rings. The zero-order valence-corrected chi connectivity index (χ0v) is 11.5. The van der Waals surface area contributed by atoms with E-state index in [1.54, 1.807) is 11.9 Å². The zero-order valence-electron chi connectivity index (χ0n) is 11.5. The van der Waals surface area contributed by atoms with Crippen molar-refractivity contribution in [2.24, 2.45) is 0 Å². The lowest BCUT2D eigenvalue weighted by atomic mass is 10.1. The van der Waals surface area contributed by atoms with Gasteiger partial charge < -0.3 is 10.2 Å². The lowest BCUT2D eigenvalue weighted by Gasteiger charge is -2.24. The fourth-order valence-corrected chi connectivity index (χ4v) is 1.39. The third-order valence-electron chi connectivity index (χ3n) is 2.43. The van der Waals surface area contributed by atoms with Crippen molar-refractivity contribution in [3.05, 3.63) is 17.8 Å². The first-order valence-corrected chi connectivity index (χ1v) is 5.97. The Morgan fingerprint density at radius 2 is 1.79 bits per heavy atom. The number of rotatable bonds is 4. The molecule has 1 aromatic heterocycles. The second kappa shape index (κ2) is 5.73. The van der Waals surface area contributed by atoms with Gasteiger partial charge >= 0.3 is 6.18 Å². The molecule has 7 heteroatoms. The van der Waals surface area contributed by atoms with Crippen molar-refractivity contribution in [2.45, 2.75) is 32.5 Å². The normalized spacial score (nSPS) is 12.6. The Hall–Kier alpha value is -1.37. The van der Waals surface area contributed by atoms with Gasteiger partial charge in [-0.15, -0.1) is 10.2 Å².